The third-order valence-electron chi connectivity index (χ3n) is 2.96. The lowest BCUT2D eigenvalue weighted by atomic mass is 10.2. The maximum Gasteiger partial charge on any atom is 0.348 e. The highest BCUT2D eigenvalue weighted by molar-refractivity contribution is 7.20. The summed E-state index contributed by atoms with van der Waals surface area (Å²) >= 11 is 2.79. The van der Waals surface area contributed by atoms with Crippen molar-refractivity contribution < 1.29 is 13.9 Å². The van der Waals surface area contributed by atoms with Crippen molar-refractivity contribution in [2.45, 2.75) is 20.0 Å². The van der Waals surface area contributed by atoms with Crippen molar-refractivity contribution in [1.82, 2.24) is 4.98 Å². The molecule has 0 spiro atoms. The number of rotatable bonds is 4. The average Bonchev–Trinajstić information content (AvgIpc) is 3.12. The Balaban J connectivity index is 1.73. The zero-order chi connectivity index (χ0) is 14.8. The first-order chi connectivity index (χ1) is 10.2. The molecule has 0 aliphatic rings. The molecule has 3 rings (SSSR count). The molecule has 0 saturated heterocycles. The fourth-order valence-corrected chi connectivity index (χ4v) is 3.61. The summed E-state index contributed by atoms with van der Waals surface area (Å²) < 4.78 is 19.6. The van der Waals surface area contributed by atoms with Crippen LogP contribution in [0.25, 0.3) is 10.1 Å². The quantitative estimate of drug-likeness (QED) is 0.668. The summed E-state index contributed by atoms with van der Waals surface area (Å²) in [6.07, 6.45) is 0.869. The van der Waals surface area contributed by atoms with Gasteiger partial charge in [0.05, 0.1) is 10.7 Å². The van der Waals surface area contributed by atoms with Gasteiger partial charge in [0.25, 0.3) is 0 Å². The van der Waals surface area contributed by atoms with Crippen LogP contribution in [0.4, 0.5) is 4.39 Å². The number of thiazole rings is 1. The summed E-state index contributed by atoms with van der Waals surface area (Å²) in [7, 11) is 0. The molecular weight excluding hydrogens is 309 g/mol. The number of thiophene rings is 1. The van der Waals surface area contributed by atoms with Gasteiger partial charge in [0.2, 0.25) is 0 Å². The summed E-state index contributed by atoms with van der Waals surface area (Å²) in [5, 5.41) is 3.36. The Labute approximate surface area is 129 Å². The van der Waals surface area contributed by atoms with Crippen molar-refractivity contribution in [3.8, 4) is 0 Å². The summed E-state index contributed by atoms with van der Waals surface area (Å²) in [5.74, 6) is -0.767. The second-order valence-electron chi connectivity index (χ2n) is 4.42. The first-order valence-electron chi connectivity index (χ1n) is 6.46. The molecule has 2 heterocycles. The van der Waals surface area contributed by atoms with Crippen LogP contribution in [0.15, 0.2) is 29.6 Å². The van der Waals surface area contributed by atoms with Gasteiger partial charge in [-0.15, -0.1) is 22.7 Å². The molecule has 6 heteroatoms. The number of carbonyl (C=O) groups is 1. The standard InChI is InChI=1S/C15H12FNO2S2/c1-2-14-17-9(8-20-14)7-19-15(18)13-6-10-11(16)4-3-5-12(10)21-13/h3-6,8H,2,7H2,1H3. The highest BCUT2D eigenvalue weighted by Crippen LogP contribution is 2.28. The fraction of sp³-hybridized carbons (Fsp3) is 0.200. The molecule has 0 saturated carbocycles. The smallest absolute Gasteiger partial charge is 0.348 e. The van der Waals surface area contributed by atoms with Crippen LogP contribution in [-0.4, -0.2) is 11.0 Å². The van der Waals surface area contributed by atoms with Crippen molar-refractivity contribution in [2.75, 3.05) is 0 Å². The molecule has 108 valence electrons. The Morgan fingerprint density at radius 3 is 3.00 bits per heavy atom. The van der Waals surface area contributed by atoms with E-state index in [2.05, 4.69) is 4.98 Å². The van der Waals surface area contributed by atoms with Gasteiger partial charge in [-0.3, -0.25) is 0 Å². The molecule has 0 aliphatic heterocycles. The molecule has 3 aromatic rings. The molecular formula is C15H12FNO2S2. The molecule has 0 radical (unpaired) electrons. The molecule has 3 nitrogen and oxygen atoms in total. The van der Waals surface area contributed by atoms with Gasteiger partial charge in [-0.1, -0.05) is 13.0 Å². The SMILES string of the molecule is CCc1nc(COC(=O)c2cc3c(F)cccc3s2)cs1. The minimum atomic E-state index is -0.443. The number of esters is 1. The number of hydrogen-bond acceptors (Lipinski definition) is 5. The van der Waals surface area contributed by atoms with E-state index in [9.17, 15) is 9.18 Å². The van der Waals surface area contributed by atoms with E-state index in [1.165, 1.54) is 23.5 Å². The van der Waals surface area contributed by atoms with Crippen LogP contribution in [0.1, 0.15) is 27.3 Å². The van der Waals surface area contributed by atoms with Crippen LogP contribution in [0.2, 0.25) is 0 Å². The van der Waals surface area contributed by atoms with E-state index in [0.29, 0.717) is 10.3 Å². The van der Waals surface area contributed by atoms with E-state index < -0.39 is 5.97 Å². The first kappa shape index (κ1) is 14.2. The number of aryl methyl sites for hydroxylation is 1. The van der Waals surface area contributed by atoms with Crippen molar-refractivity contribution in [3.63, 3.8) is 0 Å². The Morgan fingerprint density at radius 2 is 2.29 bits per heavy atom. The highest BCUT2D eigenvalue weighted by atomic mass is 32.1. The normalized spacial score (nSPS) is 11.0. The van der Waals surface area contributed by atoms with Gasteiger partial charge < -0.3 is 4.74 Å². The van der Waals surface area contributed by atoms with Crippen LogP contribution < -0.4 is 0 Å². The maximum atomic E-state index is 13.6. The van der Waals surface area contributed by atoms with Crippen LogP contribution in [0, 0.1) is 5.82 Å². The predicted molar refractivity (Wildman–Crippen MR) is 82.4 cm³/mol. The molecule has 0 bridgehead atoms. The van der Waals surface area contributed by atoms with Gasteiger partial charge in [-0.05, 0) is 24.6 Å². The Bertz CT molecular complexity index is 794. The zero-order valence-electron chi connectivity index (χ0n) is 11.3. The van der Waals surface area contributed by atoms with E-state index in [1.807, 2.05) is 12.3 Å². The molecule has 0 aliphatic carbocycles. The average molecular weight is 321 g/mol. The van der Waals surface area contributed by atoms with Gasteiger partial charge in [-0.25, -0.2) is 14.2 Å². The maximum absolute atomic E-state index is 13.6. The predicted octanol–water partition coefficient (Wildman–Crippen LogP) is 4.42. The van der Waals surface area contributed by atoms with Gasteiger partial charge in [0.1, 0.15) is 17.3 Å². The van der Waals surface area contributed by atoms with Gasteiger partial charge >= 0.3 is 5.97 Å². The molecule has 0 fully saturated rings. The fourth-order valence-electron chi connectivity index (χ4n) is 1.91. The van der Waals surface area contributed by atoms with E-state index >= 15 is 0 Å². The Hall–Kier alpha value is -1.79. The number of carbonyl (C=O) groups excluding carboxylic acids is 1. The molecule has 21 heavy (non-hydrogen) atoms. The largest absolute Gasteiger partial charge is 0.455 e. The summed E-state index contributed by atoms with van der Waals surface area (Å²) in [6.45, 7) is 2.17. The van der Waals surface area contributed by atoms with E-state index in [-0.39, 0.29) is 12.4 Å². The van der Waals surface area contributed by atoms with Gasteiger partial charge in [0.15, 0.2) is 0 Å². The van der Waals surface area contributed by atoms with E-state index in [4.69, 9.17) is 4.74 Å². The number of aromatic nitrogens is 1. The molecule has 0 atom stereocenters. The van der Waals surface area contributed by atoms with Crippen molar-refractivity contribution in [2.24, 2.45) is 0 Å². The lowest BCUT2D eigenvalue weighted by Crippen LogP contribution is -2.03. The van der Waals surface area contributed by atoms with Gasteiger partial charge in [0, 0.05) is 15.5 Å². The number of ether oxygens (including phenoxy) is 1. The lowest BCUT2D eigenvalue weighted by Gasteiger charge is -1.99. The Kier molecular flexibility index (Phi) is 3.98. The van der Waals surface area contributed by atoms with Gasteiger partial charge in [-0.2, -0.15) is 0 Å². The second-order valence-corrected chi connectivity index (χ2v) is 6.45. The minimum Gasteiger partial charge on any atom is -0.455 e. The molecule has 0 amide bonds. The highest BCUT2D eigenvalue weighted by Gasteiger charge is 2.14. The topological polar surface area (TPSA) is 39.2 Å². The summed E-state index contributed by atoms with van der Waals surface area (Å²) in [5.41, 5.74) is 0.748. The van der Waals surface area contributed by atoms with Crippen molar-refractivity contribution in [1.29, 1.82) is 0 Å². The second kappa shape index (κ2) is 5.91. The monoisotopic (exact) mass is 321 g/mol. The lowest BCUT2D eigenvalue weighted by molar-refractivity contribution is 0.0474. The third-order valence-corrected chi connectivity index (χ3v) is 5.08. The number of hydrogen-bond donors (Lipinski definition) is 0. The third kappa shape index (κ3) is 2.96. The number of benzene rings is 1. The minimum absolute atomic E-state index is 0.145. The van der Waals surface area contributed by atoms with Crippen LogP contribution >= 0.6 is 22.7 Å². The van der Waals surface area contributed by atoms with Crippen LogP contribution in [-0.2, 0) is 17.8 Å². The summed E-state index contributed by atoms with van der Waals surface area (Å²) in [4.78, 5) is 16.8. The molecule has 2 aromatic heterocycles. The molecule has 1 aromatic carbocycles. The van der Waals surface area contributed by atoms with E-state index in [1.54, 1.807) is 23.5 Å². The molecule has 0 unspecified atom stereocenters. The van der Waals surface area contributed by atoms with Crippen LogP contribution in [0.3, 0.4) is 0 Å². The number of nitrogens with zero attached hydrogens (tertiary/aromatic N) is 1. The van der Waals surface area contributed by atoms with Crippen LogP contribution in [0.5, 0.6) is 0 Å². The van der Waals surface area contributed by atoms with Crippen molar-refractivity contribution in [3.05, 3.63) is 51.0 Å². The van der Waals surface area contributed by atoms with Crippen molar-refractivity contribution >= 4 is 38.7 Å². The summed E-state index contributed by atoms with van der Waals surface area (Å²) in [6, 6.07) is 6.33. The number of fused-ring (bicyclic) bond motifs is 1. The van der Waals surface area contributed by atoms with E-state index in [0.717, 1.165) is 21.8 Å². The first-order valence-corrected chi connectivity index (χ1v) is 8.15. The zero-order valence-corrected chi connectivity index (χ0v) is 12.9. The Morgan fingerprint density at radius 1 is 1.43 bits per heavy atom. The number of halogens is 1. The molecule has 0 N–H and O–H groups in total.